The molecule has 5 aromatic rings. The molecule has 0 unspecified atom stereocenters. The second-order valence-electron chi connectivity index (χ2n) is 7.01. The summed E-state index contributed by atoms with van der Waals surface area (Å²) in [6.45, 7) is 0.529. The summed E-state index contributed by atoms with van der Waals surface area (Å²) in [5, 5.41) is 7.79. The van der Waals surface area contributed by atoms with Crippen LogP contribution in [0.15, 0.2) is 88.3 Å². The molecule has 0 spiro atoms. The van der Waals surface area contributed by atoms with E-state index < -0.39 is 0 Å². The molecule has 3 heterocycles. The number of nitrogens with zero attached hydrogens (tertiary/aromatic N) is 3. The van der Waals surface area contributed by atoms with Crippen molar-refractivity contribution in [2.75, 3.05) is 6.54 Å². The van der Waals surface area contributed by atoms with E-state index in [0.29, 0.717) is 40.4 Å². The summed E-state index contributed by atoms with van der Waals surface area (Å²) in [6, 6.07) is 18.7. The van der Waals surface area contributed by atoms with Crippen molar-refractivity contribution in [2.24, 2.45) is 0 Å². The topological polar surface area (TPSA) is 94.1 Å². The van der Waals surface area contributed by atoms with Gasteiger partial charge in [-0.05, 0) is 54.4 Å². The van der Waals surface area contributed by atoms with Crippen LogP contribution in [0.3, 0.4) is 0 Å². The van der Waals surface area contributed by atoms with Crippen molar-refractivity contribution < 1.29 is 13.7 Å². The van der Waals surface area contributed by atoms with Crippen LogP contribution in [-0.4, -0.2) is 27.6 Å². The minimum Gasteiger partial charge on any atom is -0.444 e. The number of aromatic nitrogens is 3. The highest BCUT2D eigenvalue weighted by Gasteiger charge is 2.17. The van der Waals surface area contributed by atoms with Gasteiger partial charge in [-0.1, -0.05) is 23.4 Å². The smallest absolute Gasteiger partial charge is 0.251 e. The molecule has 1 amide bonds. The maximum atomic E-state index is 12.6. The molecule has 7 heteroatoms. The van der Waals surface area contributed by atoms with E-state index >= 15 is 0 Å². The Morgan fingerprint density at radius 3 is 2.68 bits per heavy atom. The number of fused-ring (bicyclic) bond motifs is 1. The van der Waals surface area contributed by atoms with Crippen molar-refractivity contribution in [1.82, 2.24) is 20.4 Å². The summed E-state index contributed by atoms with van der Waals surface area (Å²) in [6.07, 6.45) is 5.76. The van der Waals surface area contributed by atoms with Crippen LogP contribution in [0.4, 0.5) is 0 Å². The summed E-state index contributed by atoms with van der Waals surface area (Å²) >= 11 is 0. The van der Waals surface area contributed by atoms with E-state index in [9.17, 15) is 4.79 Å². The highest BCUT2D eigenvalue weighted by Crippen LogP contribution is 2.30. The highest BCUT2D eigenvalue weighted by molar-refractivity contribution is 6.00. The standard InChI is InChI=1S/C24H18N4O3/c29-23(26-13-10-16-8-11-25-12-9-16)18-6-7-21-19(14-18)22(28-31-21)20-15-30-24(27-20)17-4-2-1-3-5-17/h1-9,11-12,14-15H,10,13H2,(H,26,29). The Hall–Kier alpha value is -4.26. The van der Waals surface area contributed by atoms with Crippen molar-refractivity contribution in [2.45, 2.75) is 6.42 Å². The zero-order valence-electron chi connectivity index (χ0n) is 16.5. The molecule has 1 N–H and O–H groups in total. The molecule has 0 aliphatic carbocycles. The van der Waals surface area contributed by atoms with Crippen molar-refractivity contribution in [3.05, 3.63) is 90.4 Å². The van der Waals surface area contributed by atoms with Crippen molar-refractivity contribution in [3.8, 4) is 22.8 Å². The Kier molecular flexibility index (Phi) is 4.98. The fourth-order valence-electron chi connectivity index (χ4n) is 3.33. The maximum absolute atomic E-state index is 12.6. The Labute approximate surface area is 177 Å². The van der Waals surface area contributed by atoms with Crippen molar-refractivity contribution in [1.29, 1.82) is 0 Å². The minimum absolute atomic E-state index is 0.159. The SMILES string of the molecule is O=C(NCCc1ccncc1)c1ccc2onc(-c3coc(-c4ccccc4)n3)c2c1. The predicted octanol–water partition coefficient (Wildman–Crippen LogP) is 4.52. The van der Waals surface area contributed by atoms with Gasteiger partial charge in [-0.2, -0.15) is 0 Å². The number of hydrogen-bond donors (Lipinski definition) is 1. The third-order valence-electron chi connectivity index (χ3n) is 4.95. The monoisotopic (exact) mass is 410 g/mol. The maximum Gasteiger partial charge on any atom is 0.251 e. The molecule has 7 nitrogen and oxygen atoms in total. The van der Waals surface area contributed by atoms with E-state index in [1.54, 1.807) is 36.9 Å². The van der Waals surface area contributed by atoms with Crippen LogP contribution in [0.25, 0.3) is 33.8 Å². The van der Waals surface area contributed by atoms with Gasteiger partial charge in [0.25, 0.3) is 5.91 Å². The average Bonchev–Trinajstić information content (AvgIpc) is 3.47. The summed E-state index contributed by atoms with van der Waals surface area (Å²) < 4.78 is 11.0. The Bertz CT molecular complexity index is 1330. The fraction of sp³-hybridized carbons (Fsp3) is 0.0833. The van der Waals surface area contributed by atoms with E-state index in [4.69, 9.17) is 8.94 Å². The minimum atomic E-state index is -0.159. The van der Waals surface area contributed by atoms with Crippen LogP contribution < -0.4 is 5.32 Å². The van der Waals surface area contributed by atoms with Crippen LogP contribution >= 0.6 is 0 Å². The first kappa shape index (κ1) is 18.7. The summed E-state index contributed by atoms with van der Waals surface area (Å²) in [7, 11) is 0. The largest absolute Gasteiger partial charge is 0.444 e. The van der Waals surface area contributed by atoms with Gasteiger partial charge in [0.05, 0.1) is 5.39 Å². The third kappa shape index (κ3) is 3.93. The van der Waals surface area contributed by atoms with E-state index in [0.717, 1.165) is 17.5 Å². The number of nitrogens with one attached hydrogen (secondary N) is 1. The predicted molar refractivity (Wildman–Crippen MR) is 115 cm³/mol. The number of carbonyl (C=O) groups excluding carboxylic acids is 1. The molecule has 0 atom stereocenters. The van der Waals surface area contributed by atoms with Gasteiger partial charge in [0.15, 0.2) is 5.58 Å². The molecule has 152 valence electrons. The van der Waals surface area contributed by atoms with Gasteiger partial charge in [-0.25, -0.2) is 4.98 Å². The number of oxazole rings is 1. The molecular weight excluding hydrogens is 392 g/mol. The third-order valence-corrected chi connectivity index (χ3v) is 4.95. The second kappa shape index (κ2) is 8.23. The van der Waals surface area contributed by atoms with E-state index in [1.165, 1.54) is 0 Å². The van der Waals surface area contributed by atoms with Crippen LogP contribution in [0, 0.1) is 0 Å². The number of pyridine rings is 1. The first-order valence-electron chi connectivity index (χ1n) is 9.86. The van der Waals surface area contributed by atoms with Crippen LogP contribution in [0.5, 0.6) is 0 Å². The molecule has 0 saturated carbocycles. The van der Waals surface area contributed by atoms with E-state index in [-0.39, 0.29) is 5.91 Å². The lowest BCUT2D eigenvalue weighted by molar-refractivity contribution is 0.0954. The number of rotatable bonds is 6. The molecule has 0 radical (unpaired) electrons. The Morgan fingerprint density at radius 1 is 1.00 bits per heavy atom. The first-order valence-corrected chi connectivity index (χ1v) is 9.86. The molecule has 31 heavy (non-hydrogen) atoms. The van der Waals surface area contributed by atoms with Crippen LogP contribution in [0.1, 0.15) is 15.9 Å². The highest BCUT2D eigenvalue weighted by atomic mass is 16.5. The van der Waals surface area contributed by atoms with Crippen molar-refractivity contribution >= 4 is 16.9 Å². The van der Waals surface area contributed by atoms with Gasteiger partial charge in [0.2, 0.25) is 5.89 Å². The van der Waals surface area contributed by atoms with Crippen LogP contribution in [0.2, 0.25) is 0 Å². The van der Waals surface area contributed by atoms with Crippen molar-refractivity contribution in [3.63, 3.8) is 0 Å². The molecule has 2 aromatic carbocycles. The van der Waals surface area contributed by atoms with Gasteiger partial charge < -0.3 is 14.3 Å². The number of carbonyl (C=O) groups is 1. The number of amides is 1. The summed E-state index contributed by atoms with van der Waals surface area (Å²) in [5.74, 6) is 0.338. The molecule has 3 aromatic heterocycles. The lowest BCUT2D eigenvalue weighted by atomic mass is 10.1. The van der Waals surface area contributed by atoms with Gasteiger partial charge in [0.1, 0.15) is 17.7 Å². The Balaban J connectivity index is 1.36. The van der Waals surface area contributed by atoms with Gasteiger partial charge >= 0.3 is 0 Å². The second-order valence-corrected chi connectivity index (χ2v) is 7.01. The number of benzene rings is 2. The summed E-state index contributed by atoms with van der Waals surface area (Å²) in [5.41, 5.74) is 4.18. The number of hydrogen-bond acceptors (Lipinski definition) is 6. The molecule has 0 aliphatic heterocycles. The zero-order valence-corrected chi connectivity index (χ0v) is 16.5. The molecule has 5 rings (SSSR count). The lowest BCUT2D eigenvalue weighted by Crippen LogP contribution is -2.25. The zero-order chi connectivity index (χ0) is 21.0. The first-order chi connectivity index (χ1) is 15.3. The van der Waals surface area contributed by atoms with Gasteiger partial charge in [-0.3, -0.25) is 9.78 Å². The fourth-order valence-corrected chi connectivity index (χ4v) is 3.33. The normalized spacial score (nSPS) is 11.0. The molecule has 0 aliphatic rings. The summed E-state index contributed by atoms with van der Waals surface area (Å²) in [4.78, 5) is 21.2. The van der Waals surface area contributed by atoms with Gasteiger partial charge in [0, 0.05) is 30.1 Å². The molecule has 0 bridgehead atoms. The molecule has 0 fully saturated rings. The van der Waals surface area contributed by atoms with E-state index in [2.05, 4.69) is 20.4 Å². The molecular formula is C24H18N4O3. The van der Waals surface area contributed by atoms with E-state index in [1.807, 2.05) is 42.5 Å². The Morgan fingerprint density at radius 2 is 1.84 bits per heavy atom. The lowest BCUT2D eigenvalue weighted by Gasteiger charge is -2.05. The van der Waals surface area contributed by atoms with Gasteiger partial charge in [-0.15, -0.1) is 0 Å². The average molecular weight is 410 g/mol. The van der Waals surface area contributed by atoms with Crippen LogP contribution in [-0.2, 0) is 6.42 Å². The quantitative estimate of drug-likeness (QED) is 0.442. The molecule has 0 saturated heterocycles.